The van der Waals surface area contributed by atoms with Crippen LogP contribution >= 0.6 is 0 Å². The summed E-state index contributed by atoms with van der Waals surface area (Å²) >= 11 is 0. The molecule has 1 unspecified atom stereocenters. The van der Waals surface area contributed by atoms with E-state index in [1.54, 1.807) is 0 Å². The highest BCUT2D eigenvalue weighted by Gasteiger charge is 2.19. The van der Waals surface area contributed by atoms with Crippen molar-refractivity contribution >= 4 is 17.9 Å². The second-order valence-electron chi connectivity index (χ2n) is 17.1. The van der Waals surface area contributed by atoms with Crippen molar-refractivity contribution in [3.05, 3.63) is 109 Å². The molecular weight excluding hydrogens is 805 g/mol. The molecule has 0 fully saturated rings. The maximum atomic E-state index is 12.8. The SMILES string of the molecule is CC/C=C\C/C=C\C/C=C\C/C=C\C/C=C\C/C=C\CCC(=O)OCC(COC(=O)CCCCCCC/C=C\CCCCC)OC(=O)CCCCC/C=C\C=C/CCCCCCCCC. The van der Waals surface area contributed by atoms with E-state index in [1.807, 2.05) is 12.2 Å². The van der Waals surface area contributed by atoms with Crippen LogP contribution in [0.25, 0.3) is 0 Å². The van der Waals surface area contributed by atoms with Crippen LogP contribution in [0.5, 0.6) is 0 Å². The predicted octanol–water partition coefficient (Wildman–Crippen LogP) is 17.5. The highest BCUT2D eigenvalue weighted by molar-refractivity contribution is 5.71. The molecule has 0 N–H and O–H groups in total. The van der Waals surface area contributed by atoms with Gasteiger partial charge in [0.05, 0.1) is 0 Å². The average Bonchev–Trinajstić information content (AvgIpc) is 3.30. The summed E-state index contributed by atoms with van der Waals surface area (Å²) in [5.74, 6) is -1.05. The van der Waals surface area contributed by atoms with Crippen molar-refractivity contribution in [3.8, 4) is 0 Å². The van der Waals surface area contributed by atoms with Crippen molar-refractivity contribution in [2.45, 2.75) is 232 Å². The van der Waals surface area contributed by atoms with E-state index in [9.17, 15) is 14.4 Å². The fourth-order valence-corrected chi connectivity index (χ4v) is 6.80. The third-order valence-electron chi connectivity index (χ3n) is 10.8. The summed E-state index contributed by atoms with van der Waals surface area (Å²) in [6.07, 6.45) is 70.8. The molecule has 0 aromatic rings. The van der Waals surface area contributed by atoms with Gasteiger partial charge in [-0.15, -0.1) is 0 Å². The van der Waals surface area contributed by atoms with Gasteiger partial charge in [0.25, 0.3) is 0 Å². The molecule has 0 aliphatic carbocycles. The van der Waals surface area contributed by atoms with Crippen LogP contribution in [0.1, 0.15) is 226 Å². The number of esters is 3. The number of hydrogen-bond acceptors (Lipinski definition) is 6. The third-order valence-corrected chi connectivity index (χ3v) is 10.8. The fourth-order valence-electron chi connectivity index (χ4n) is 6.80. The fraction of sp³-hybridized carbons (Fsp3) is 0.644. The molecule has 65 heavy (non-hydrogen) atoms. The summed E-state index contributed by atoms with van der Waals surface area (Å²) in [7, 11) is 0. The van der Waals surface area contributed by atoms with Crippen molar-refractivity contribution in [1.29, 1.82) is 0 Å². The van der Waals surface area contributed by atoms with Crippen LogP contribution < -0.4 is 0 Å². The second-order valence-corrected chi connectivity index (χ2v) is 17.1. The zero-order valence-electron chi connectivity index (χ0n) is 42.0. The Hall–Kier alpha value is -3.93. The first-order chi connectivity index (χ1) is 32.0. The van der Waals surface area contributed by atoms with Gasteiger partial charge in [-0.2, -0.15) is 0 Å². The van der Waals surface area contributed by atoms with Crippen molar-refractivity contribution in [2.75, 3.05) is 13.2 Å². The van der Waals surface area contributed by atoms with E-state index in [1.165, 1.54) is 77.0 Å². The van der Waals surface area contributed by atoms with E-state index in [-0.39, 0.29) is 44.0 Å². The molecule has 0 rings (SSSR count). The summed E-state index contributed by atoms with van der Waals surface area (Å²) in [4.78, 5) is 38.0. The van der Waals surface area contributed by atoms with E-state index >= 15 is 0 Å². The van der Waals surface area contributed by atoms with Crippen LogP contribution in [0.15, 0.2) is 109 Å². The van der Waals surface area contributed by atoms with Crippen molar-refractivity contribution in [2.24, 2.45) is 0 Å². The van der Waals surface area contributed by atoms with E-state index in [0.717, 1.165) is 96.3 Å². The molecular formula is C59H96O6. The maximum absolute atomic E-state index is 12.8. The maximum Gasteiger partial charge on any atom is 0.306 e. The van der Waals surface area contributed by atoms with Gasteiger partial charge in [-0.1, -0.05) is 207 Å². The molecule has 368 valence electrons. The molecule has 1 atom stereocenters. The number of allylic oxidation sites excluding steroid dienone is 18. The van der Waals surface area contributed by atoms with Crippen LogP contribution in [0.3, 0.4) is 0 Å². The smallest absolute Gasteiger partial charge is 0.306 e. The quantitative estimate of drug-likeness (QED) is 0.0199. The zero-order chi connectivity index (χ0) is 47.2. The number of ether oxygens (including phenoxy) is 3. The van der Waals surface area contributed by atoms with Gasteiger partial charge in [0, 0.05) is 19.3 Å². The molecule has 0 aliphatic heterocycles. The predicted molar refractivity (Wildman–Crippen MR) is 279 cm³/mol. The summed E-state index contributed by atoms with van der Waals surface area (Å²) in [5.41, 5.74) is 0. The molecule has 0 aromatic heterocycles. The lowest BCUT2D eigenvalue weighted by Crippen LogP contribution is -2.30. The monoisotopic (exact) mass is 901 g/mol. The average molecular weight is 901 g/mol. The molecule has 0 bridgehead atoms. The first kappa shape index (κ1) is 61.1. The molecule has 6 nitrogen and oxygen atoms in total. The molecule has 0 aliphatic rings. The molecule has 0 saturated carbocycles. The number of rotatable bonds is 46. The Bertz CT molecular complexity index is 1360. The Balaban J connectivity index is 4.56. The normalized spacial score (nSPS) is 13.0. The van der Waals surface area contributed by atoms with Gasteiger partial charge in [0.15, 0.2) is 6.10 Å². The standard InChI is InChI=1S/C59H96O6/c1-4-7-10-13-16-19-22-25-27-29-30-31-33-34-37-40-43-46-49-52-58(61)64-55-56(54-63-57(60)51-48-45-42-39-36-24-21-18-15-12-9-6-3)65-59(62)53-50-47-44-41-38-35-32-28-26-23-20-17-14-11-8-5-2/h7,10,16,18-19,21,25,27-28,30-32,34-35,37-38,43,46,56H,4-6,8-9,11-15,17,20,22-24,26,29,33,36,39-42,44-45,47-55H2,1-3H3/b10-7-,19-16-,21-18-,27-25-,31-30-,32-28-,37-34-,38-35-,46-43-. The van der Waals surface area contributed by atoms with Crippen LogP contribution in [0.2, 0.25) is 0 Å². The van der Waals surface area contributed by atoms with E-state index in [4.69, 9.17) is 14.2 Å². The molecule has 0 spiro atoms. The van der Waals surface area contributed by atoms with Crippen LogP contribution in [0, 0.1) is 0 Å². The van der Waals surface area contributed by atoms with Gasteiger partial charge in [-0.05, 0) is 109 Å². The topological polar surface area (TPSA) is 78.9 Å². The molecule has 0 heterocycles. The second kappa shape index (κ2) is 52.7. The Morgan fingerprint density at radius 3 is 1.17 bits per heavy atom. The Kier molecular flexibility index (Phi) is 49.5. The van der Waals surface area contributed by atoms with Gasteiger partial charge in [0.2, 0.25) is 0 Å². The van der Waals surface area contributed by atoms with Gasteiger partial charge < -0.3 is 14.2 Å². The van der Waals surface area contributed by atoms with E-state index in [2.05, 4.69) is 118 Å². The van der Waals surface area contributed by atoms with E-state index in [0.29, 0.717) is 19.3 Å². The zero-order valence-corrected chi connectivity index (χ0v) is 42.0. The molecule has 0 amide bonds. The Morgan fingerprint density at radius 2 is 0.677 bits per heavy atom. The lowest BCUT2D eigenvalue weighted by Gasteiger charge is -2.18. The summed E-state index contributed by atoms with van der Waals surface area (Å²) in [6.45, 7) is 6.39. The van der Waals surface area contributed by atoms with Gasteiger partial charge >= 0.3 is 17.9 Å². The van der Waals surface area contributed by atoms with Gasteiger partial charge in [-0.25, -0.2) is 0 Å². The number of carbonyl (C=O) groups excluding carboxylic acids is 3. The minimum Gasteiger partial charge on any atom is -0.462 e. The summed E-state index contributed by atoms with van der Waals surface area (Å²) in [6, 6.07) is 0. The number of unbranched alkanes of at least 4 members (excludes halogenated alkanes) is 18. The minimum absolute atomic E-state index is 0.118. The Morgan fingerprint density at radius 1 is 0.338 bits per heavy atom. The van der Waals surface area contributed by atoms with Crippen LogP contribution in [-0.2, 0) is 28.6 Å². The van der Waals surface area contributed by atoms with Crippen LogP contribution in [-0.4, -0.2) is 37.2 Å². The van der Waals surface area contributed by atoms with Gasteiger partial charge in [0.1, 0.15) is 13.2 Å². The summed E-state index contributed by atoms with van der Waals surface area (Å²) in [5, 5.41) is 0. The van der Waals surface area contributed by atoms with Gasteiger partial charge in [-0.3, -0.25) is 14.4 Å². The molecule has 0 radical (unpaired) electrons. The first-order valence-corrected chi connectivity index (χ1v) is 26.4. The highest BCUT2D eigenvalue weighted by Crippen LogP contribution is 2.12. The van der Waals surface area contributed by atoms with Crippen molar-refractivity contribution in [3.63, 3.8) is 0 Å². The van der Waals surface area contributed by atoms with Crippen molar-refractivity contribution in [1.82, 2.24) is 0 Å². The lowest BCUT2D eigenvalue weighted by molar-refractivity contribution is -0.166. The largest absolute Gasteiger partial charge is 0.462 e. The lowest BCUT2D eigenvalue weighted by atomic mass is 10.1. The molecule has 0 saturated heterocycles. The number of carbonyl (C=O) groups is 3. The first-order valence-electron chi connectivity index (χ1n) is 26.4. The number of hydrogen-bond donors (Lipinski definition) is 0. The highest BCUT2D eigenvalue weighted by atomic mass is 16.6. The van der Waals surface area contributed by atoms with Crippen LogP contribution in [0.4, 0.5) is 0 Å². The minimum atomic E-state index is -0.827. The molecule has 6 heteroatoms. The third kappa shape index (κ3) is 50.9. The Labute approximate surface area is 400 Å². The summed E-state index contributed by atoms with van der Waals surface area (Å²) < 4.78 is 16.7. The van der Waals surface area contributed by atoms with Crippen molar-refractivity contribution < 1.29 is 28.6 Å². The molecule has 0 aromatic carbocycles. The van der Waals surface area contributed by atoms with E-state index < -0.39 is 6.10 Å².